The average molecular weight is 272 g/mol. The SMILES string of the molecule is CCOS(=O)(=O)/N=C1/SN1Cc1ccccc1. The molecule has 0 amide bonds. The fourth-order valence-corrected chi connectivity index (χ4v) is 2.84. The van der Waals surface area contributed by atoms with Gasteiger partial charge in [0.15, 0.2) is 0 Å². The summed E-state index contributed by atoms with van der Waals surface area (Å²) in [5.74, 6) is 0. The second kappa shape index (κ2) is 5.07. The van der Waals surface area contributed by atoms with Crippen LogP contribution < -0.4 is 0 Å². The zero-order valence-electron chi connectivity index (χ0n) is 9.24. The van der Waals surface area contributed by atoms with Crippen molar-refractivity contribution >= 4 is 27.4 Å². The van der Waals surface area contributed by atoms with Gasteiger partial charge in [0.25, 0.3) is 0 Å². The summed E-state index contributed by atoms with van der Waals surface area (Å²) in [5.41, 5.74) is 1.11. The van der Waals surface area contributed by atoms with Gasteiger partial charge in [0.2, 0.25) is 5.17 Å². The molecule has 0 spiro atoms. The first-order chi connectivity index (χ1) is 8.11. The second-order valence-corrected chi connectivity index (χ2v) is 5.58. The fourth-order valence-electron chi connectivity index (χ4n) is 1.26. The maximum Gasteiger partial charge on any atom is 0.383 e. The molecule has 0 bridgehead atoms. The standard InChI is InChI=1S/C10H12N2O3S2/c1-2-15-17(13,14)11-10-12(16-10)8-9-6-4-3-5-7-9/h3-7H,2,8H2,1H3/b11-10+. The maximum absolute atomic E-state index is 11.2. The van der Waals surface area contributed by atoms with Crippen LogP contribution in [0, 0.1) is 0 Å². The van der Waals surface area contributed by atoms with Crippen LogP contribution >= 0.6 is 11.9 Å². The largest absolute Gasteiger partial charge is 0.383 e. The van der Waals surface area contributed by atoms with Gasteiger partial charge in [0.05, 0.1) is 13.2 Å². The molecule has 1 saturated heterocycles. The van der Waals surface area contributed by atoms with E-state index in [9.17, 15) is 8.42 Å². The van der Waals surface area contributed by atoms with Crippen LogP contribution in [-0.4, -0.2) is 24.5 Å². The van der Waals surface area contributed by atoms with E-state index in [1.54, 1.807) is 11.2 Å². The lowest BCUT2D eigenvalue weighted by atomic mass is 10.2. The van der Waals surface area contributed by atoms with Gasteiger partial charge in [-0.3, -0.25) is 8.49 Å². The molecule has 0 saturated carbocycles. The van der Waals surface area contributed by atoms with E-state index >= 15 is 0 Å². The molecule has 7 heteroatoms. The highest BCUT2D eigenvalue weighted by molar-refractivity contribution is 8.21. The Morgan fingerprint density at radius 3 is 2.71 bits per heavy atom. The fraction of sp³-hybridized carbons (Fsp3) is 0.300. The Morgan fingerprint density at radius 2 is 2.06 bits per heavy atom. The molecule has 1 heterocycles. The van der Waals surface area contributed by atoms with Crippen molar-refractivity contribution in [1.82, 2.24) is 4.31 Å². The van der Waals surface area contributed by atoms with Crippen LogP contribution in [0.5, 0.6) is 0 Å². The monoisotopic (exact) mass is 272 g/mol. The van der Waals surface area contributed by atoms with Gasteiger partial charge < -0.3 is 0 Å². The molecule has 0 aliphatic carbocycles. The molecular weight excluding hydrogens is 260 g/mol. The molecule has 1 fully saturated rings. The van der Waals surface area contributed by atoms with Crippen molar-refractivity contribution in [2.45, 2.75) is 13.5 Å². The van der Waals surface area contributed by atoms with Gasteiger partial charge >= 0.3 is 10.3 Å². The summed E-state index contributed by atoms with van der Waals surface area (Å²) in [6.07, 6.45) is 0. The van der Waals surface area contributed by atoms with E-state index in [0.29, 0.717) is 11.7 Å². The van der Waals surface area contributed by atoms with Crippen LogP contribution in [0.1, 0.15) is 12.5 Å². The number of hydrogen-bond acceptors (Lipinski definition) is 4. The smallest absolute Gasteiger partial charge is 0.282 e. The van der Waals surface area contributed by atoms with E-state index in [2.05, 4.69) is 8.58 Å². The number of rotatable bonds is 5. The first-order valence-electron chi connectivity index (χ1n) is 5.09. The molecule has 17 heavy (non-hydrogen) atoms. The highest BCUT2D eigenvalue weighted by Crippen LogP contribution is 2.35. The first-order valence-corrected chi connectivity index (χ1v) is 7.23. The lowest BCUT2D eigenvalue weighted by Gasteiger charge is -1.98. The Labute approximate surface area is 105 Å². The van der Waals surface area contributed by atoms with Gasteiger partial charge in [0.1, 0.15) is 0 Å². The van der Waals surface area contributed by atoms with Gasteiger partial charge in [-0.25, -0.2) is 0 Å². The van der Waals surface area contributed by atoms with Crippen molar-refractivity contribution in [2.75, 3.05) is 6.61 Å². The molecule has 1 aromatic rings. The normalized spacial score (nSPS) is 17.5. The molecular formula is C10H12N2O3S2. The van der Waals surface area contributed by atoms with Gasteiger partial charge in [0, 0.05) is 11.9 Å². The van der Waals surface area contributed by atoms with Crippen LogP contribution in [-0.2, 0) is 21.0 Å². The predicted octanol–water partition coefficient (Wildman–Crippen LogP) is 1.79. The number of benzene rings is 1. The van der Waals surface area contributed by atoms with Gasteiger partial charge in [-0.05, 0) is 12.5 Å². The molecule has 1 aliphatic rings. The van der Waals surface area contributed by atoms with Crippen LogP contribution in [0.15, 0.2) is 34.7 Å². The zero-order chi connectivity index (χ0) is 12.3. The Kier molecular flexibility index (Phi) is 3.70. The summed E-state index contributed by atoms with van der Waals surface area (Å²) in [6.45, 7) is 2.36. The van der Waals surface area contributed by atoms with Gasteiger partial charge in [-0.15, -0.1) is 4.40 Å². The summed E-state index contributed by atoms with van der Waals surface area (Å²) in [4.78, 5) is 0. The number of hydrogen-bond donors (Lipinski definition) is 0. The molecule has 1 aliphatic heterocycles. The average Bonchev–Trinajstić information content (AvgIpc) is 2.96. The molecule has 92 valence electrons. The van der Waals surface area contributed by atoms with Crippen molar-refractivity contribution < 1.29 is 12.6 Å². The highest BCUT2D eigenvalue weighted by Gasteiger charge is 2.32. The lowest BCUT2D eigenvalue weighted by molar-refractivity contribution is 0.339. The summed E-state index contributed by atoms with van der Waals surface area (Å²) in [6, 6.07) is 9.78. The minimum absolute atomic E-state index is 0.0997. The summed E-state index contributed by atoms with van der Waals surface area (Å²) >= 11 is 1.31. The third-order valence-electron chi connectivity index (χ3n) is 2.00. The third kappa shape index (κ3) is 3.72. The van der Waals surface area contributed by atoms with Crippen molar-refractivity contribution in [3.63, 3.8) is 0 Å². The molecule has 0 N–H and O–H groups in total. The number of nitrogens with zero attached hydrogens (tertiary/aromatic N) is 2. The van der Waals surface area contributed by atoms with Crippen molar-refractivity contribution in [2.24, 2.45) is 4.40 Å². The summed E-state index contributed by atoms with van der Waals surface area (Å²) < 4.78 is 32.3. The van der Waals surface area contributed by atoms with Crippen LogP contribution in [0.3, 0.4) is 0 Å². The minimum Gasteiger partial charge on any atom is -0.282 e. The van der Waals surface area contributed by atoms with Crippen molar-refractivity contribution in [1.29, 1.82) is 0 Å². The van der Waals surface area contributed by atoms with E-state index < -0.39 is 10.3 Å². The quantitative estimate of drug-likeness (QED) is 0.604. The Hall–Kier alpha value is -1.05. The highest BCUT2D eigenvalue weighted by atomic mass is 32.2. The molecule has 0 aromatic heterocycles. The Morgan fingerprint density at radius 1 is 1.35 bits per heavy atom. The number of amidine groups is 1. The molecule has 2 rings (SSSR count). The van der Waals surface area contributed by atoms with Crippen molar-refractivity contribution in [3.8, 4) is 0 Å². The molecule has 5 nitrogen and oxygen atoms in total. The Balaban J connectivity index is 1.95. The van der Waals surface area contributed by atoms with Crippen LogP contribution in [0.25, 0.3) is 0 Å². The molecule has 0 atom stereocenters. The maximum atomic E-state index is 11.2. The van der Waals surface area contributed by atoms with E-state index in [1.807, 2.05) is 30.3 Å². The molecule has 0 unspecified atom stereocenters. The van der Waals surface area contributed by atoms with Crippen LogP contribution in [0.4, 0.5) is 0 Å². The van der Waals surface area contributed by atoms with E-state index in [1.165, 1.54) is 11.9 Å². The lowest BCUT2D eigenvalue weighted by Crippen LogP contribution is -2.04. The van der Waals surface area contributed by atoms with E-state index in [-0.39, 0.29) is 6.61 Å². The summed E-state index contributed by atoms with van der Waals surface area (Å²) in [7, 11) is -3.77. The first kappa shape index (κ1) is 12.4. The van der Waals surface area contributed by atoms with Crippen molar-refractivity contribution in [3.05, 3.63) is 35.9 Å². The van der Waals surface area contributed by atoms with Crippen LogP contribution in [0.2, 0.25) is 0 Å². The molecule has 0 radical (unpaired) electrons. The summed E-state index contributed by atoms with van der Waals surface area (Å²) in [5, 5.41) is 0.474. The predicted molar refractivity (Wildman–Crippen MR) is 67.6 cm³/mol. The zero-order valence-corrected chi connectivity index (χ0v) is 10.9. The third-order valence-corrected chi connectivity index (χ3v) is 3.87. The Bertz CT molecular complexity index is 514. The van der Waals surface area contributed by atoms with E-state index in [4.69, 9.17) is 0 Å². The second-order valence-electron chi connectivity index (χ2n) is 3.32. The topological polar surface area (TPSA) is 58.7 Å². The minimum atomic E-state index is -3.77. The molecule has 1 aromatic carbocycles. The van der Waals surface area contributed by atoms with Gasteiger partial charge in [-0.1, -0.05) is 30.3 Å². The van der Waals surface area contributed by atoms with E-state index in [0.717, 1.165) is 5.56 Å². The van der Waals surface area contributed by atoms with Gasteiger partial charge in [-0.2, -0.15) is 8.42 Å².